The molecule has 2 rings (SSSR count). The molecular formula is C17H23F3O4S. The molecule has 0 aliphatic carbocycles. The second-order valence-corrected chi connectivity index (χ2v) is 8.37. The van der Waals surface area contributed by atoms with Gasteiger partial charge in [-0.1, -0.05) is 19.4 Å². The summed E-state index contributed by atoms with van der Waals surface area (Å²) in [7, 11) is -3.85. The number of sulfone groups is 1. The van der Waals surface area contributed by atoms with E-state index in [9.17, 15) is 21.6 Å². The first-order valence-electron chi connectivity index (χ1n) is 8.35. The molecule has 1 aromatic rings. The van der Waals surface area contributed by atoms with Crippen molar-refractivity contribution >= 4 is 9.84 Å². The van der Waals surface area contributed by atoms with Gasteiger partial charge in [-0.2, -0.15) is 13.2 Å². The minimum atomic E-state index is -4.57. The quantitative estimate of drug-likeness (QED) is 0.675. The lowest BCUT2D eigenvalue weighted by Gasteiger charge is -2.29. The van der Waals surface area contributed by atoms with E-state index in [1.807, 2.05) is 6.92 Å². The second-order valence-electron chi connectivity index (χ2n) is 6.14. The number of rotatable bonds is 7. The molecule has 0 N–H and O–H groups in total. The van der Waals surface area contributed by atoms with Gasteiger partial charge in [-0.15, -0.1) is 0 Å². The molecule has 1 fully saturated rings. The topological polar surface area (TPSA) is 52.6 Å². The molecule has 0 amide bonds. The van der Waals surface area contributed by atoms with Crippen molar-refractivity contribution in [2.45, 2.75) is 55.0 Å². The van der Waals surface area contributed by atoms with Crippen molar-refractivity contribution < 1.29 is 31.1 Å². The molecule has 0 aromatic heterocycles. The highest BCUT2D eigenvalue weighted by atomic mass is 32.2. The Balaban J connectivity index is 2.08. The molecule has 0 bridgehead atoms. The fraction of sp³-hybridized carbons (Fsp3) is 0.647. The van der Waals surface area contributed by atoms with Gasteiger partial charge in [-0.25, -0.2) is 8.42 Å². The maximum absolute atomic E-state index is 12.8. The minimum Gasteiger partial charge on any atom is -0.379 e. The normalized spacial score (nSPS) is 22.1. The van der Waals surface area contributed by atoms with Gasteiger partial charge in [-0.05, 0) is 37.5 Å². The lowest BCUT2D eigenvalue weighted by atomic mass is 10.1. The van der Waals surface area contributed by atoms with E-state index in [2.05, 4.69) is 0 Å². The Hall–Kier alpha value is -1.12. The first-order valence-corrected chi connectivity index (χ1v) is 9.90. The number of alkyl halides is 3. The maximum atomic E-state index is 12.8. The molecular weight excluding hydrogens is 357 g/mol. The lowest BCUT2D eigenvalue weighted by Crippen LogP contribution is -2.37. The van der Waals surface area contributed by atoms with Crippen molar-refractivity contribution in [2.24, 2.45) is 0 Å². The molecule has 0 radical (unpaired) electrons. The summed E-state index contributed by atoms with van der Waals surface area (Å²) in [5, 5.41) is -0.760. The molecule has 2 atom stereocenters. The van der Waals surface area contributed by atoms with E-state index in [1.54, 1.807) is 0 Å². The summed E-state index contributed by atoms with van der Waals surface area (Å²) in [6.45, 7) is 3.18. The van der Waals surface area contributed by atoms with Crippen LogP contribution in [0.3, 0.4) is 0 Å². The summed E-state index contributed by atoms with van der Waals surface area (Å²) in [6, 6.07) is 3.91. The van der Waals surface area contributed by atoms with Crippen LogP contribution in [0, 0.1) is 0 Å². The van der Waals surface area contributed by atoms with Gasteiger partial charge in [0.15, 0.2) is 9.84 Å². The van der Waals surface area contributed by atoms with Crippen LogP contribution in [0.4, 0.5) is 13.2 Å². The highest BCUT2D eigenvalue weighted by Gasteiger charge is 2.36. The van der Waals surface area contributed by atoms with Crippen LogP contribution in [0.15, 0.2) is 29.2 Å². The second kappa shape index (κ2) is 8.51. The van der Waals surface area contributed by atoms with E-state index in [0.29, 0.717) is 19.3 Å². The van der Waals surface area contributed by atoms with Gasteiger partial charge in [0.1, 0.15) is 0 Å². The molecule has 142 valence electrons. The largest absolute Gasteiger partial charge is 0.416 e. The van der Waals surface area contributed by atoms with Gasteiger partial charge >= 0.3 is 6.18 Å². The van der Waals surface area contributed by atoms with Gasteiger partial charge in [-0.3, -0.25) is 0 Å². The van der Waals surface area contributed by atoms with Crippen LogP contribution in [0.5, 0.6) is 0 Å². The van der Waals surface area contributed by atoms with Crippen LogP contribution in [0.25, 0.3) is 0 Å². The standard InChI is InChI=1S/C17H23F3O4S/c1-2-3-8-23-12-14-11-16(7-9-24-14)25(21,22)15-6-4-5-13(10-15)17(18,19)20/h4-6,10,14,16H,2-3,7-9,11-12H2,1H3. The maximum Gasteiger partial charge on any atom is 0.416 e. The number of unbranched alkanes of at least 4 members (excludes halogenated alkanes) is 1. The summed E-state index contributed by atoms with van der Waals surface area (Å²) >= 11 is 0. The van der Waals surface area contributed by atoms with Crippen molar-refractivity contribution in [1.29, 1.82) is 0 Å². The first kappa shape index (κ1) is 20.2. The number of ether oxygens (including phenoxy) is 2. The molecule has 0 spiro atoms. The average Bonchev–Trinajstić information content (AvgIpc) is 2.58. The zero-order valence-electron chi connectivity index (χ0n) is 14.1. The van der Waals surface area contributed by atoms with E-state index in [-0.39, 0.29) is 30.4 Å². The van der Waals surface area contributed by atoms with Gasteiger partial charge < -0.3 is 9.47 Å². The predicted molar refractivity (Wildman–Crippen MR) is 87.1 cm³/mol. The molecule has 1 aliphatic rings. The average molecular weight is 380 g/mol. The molecule has 1 saturated heterocycles. The van der Waals surface area contributed by atoms with Crippen LogP contribution in [0.2, 0.25) is 0 Å². The van der Waals surface area contributed by atoms with Gasteiger partial charge in [0.25, 0.3) is 0 Å². The highest BCUT2D eigenvalue weighted by Crippen LogP contribution is 2.33. The smallest absolute Gasteiger partial charge is 0.379 e. The Morgan fingerprint density at radius 1 is 1.32 bits per heavy atom. The molecule has 1 aliphatic heterocycles. The van der Waals surface area contributed by atoms with Crippen molar-refractivity contribution in [2.75, 3.05) is 19.8 Å². The Morgan fingerprint density at radius 2 is 2.08 bits per heavy atom. The molecule has 2 unspecified atom stereocenters. The lowest BCUT2D eigenvalue weighted by molar-refractivity contribution is -0.137. The van der Waals surface area contributed by atoms with Gasteiger partial charge in [0, 0.05) is 13.2 Å². The van der Waals surface area contributed by atoms with Crippen LogP contribution in [0.1, 0.15) is 38.2 Å². The summed E-state index contributed by atoms with van der Waals surface area (Å²) in [6.07, 6.45) is -2.52. The van der Waals surface area contributed by atoms with Crippen molar-refractivity contribution in [3.63, 3.8) is 0 Å². The van der Waals surface area contributed by atoms with Crippen LogP contribution in [-0.2, 0) is 25.5 Å². The first-order chi connectivity index (χ1) is 11.7. The van der Waals surface area contributed by atoms with Crippen LogP contribution >= 0.6 is 0 Å². The zero-order chi connectivity index (χ0) is 18.5. The fourth-order valence-electron chi connectivity index (χ4n) is 2.75. The zero-order valence-corrected chi connectivity index (χ0v) is 14.9. The molecule has 4 nitrogen and oxygen atoms in total. The number of halogens is 3. The van der Waals surface area contributed by atoms with Crippen LogP contribution < -0.4 is 0 Å². The van der Waals surface area contributed by atoms with Gasteiger partial charge in [0.05, 0.1) is 28.4 Å². The summed E-state index contributed by atoms with van der Waals surface area (Å²) in [5.41, 5.74) is -0.958. The van der Waals surface area contributed by atoms with E-state index in [1.165, 1.54) is 6.07 Å². The summed E-state index contributed by atoms with van der Waals surface area (Å²) in [4.78, 5) is -0.292. The predicted octanol–water partition coefficient (Wildman–Crippen LogP) is 3.84. The highest BCUT2D eigenvalue weighted by molar-refractivity contribution is 7.92. The van der Waals surface area contributed by atoms with Gasteiger partial charge in [0.2, 0.25) is 0 Å². The van der Waals surface area contributed by atoms with E-state index < -0.39 is 26.8 Å². The third-order valence-electron chi connectivity index (χ3n) is 4.19. The van der Waals surface area contributed by atoms with Crippen molar-refractivity contribution in [3.05, 3.63) is 29.8 Å². The SMILES string of the molecule is CCCCOCC1CC(S(=O)(=O)c2cccc(C(F)(F)F)c2)CCO1. The van der Waals surface area contributed by atoms with E-state index in [4.69, 9.17) is 9.47 Å². The number of benzene rings is 1. The Kier molecular flexibility index (Phi) is 6.87. The molecule has 8 heteroatoms. The van der Waals surface area contributed by atoms with E-state index in [0.717, 1.165) is 25.0 Å². The number of hydrogen-bond donors (Lipinski definition) is 0. The van der Waals surface area contributed by atoms with Crippen molar-refractivity contribution in [3.8, 4) is 0 Å². The van der Waals surface area contributed by atoms with Crippen LogP contribution in [-0.4, -0.2) is 39.6 Å². The fourth-order valence-corrected chi connectivity index (χ4v) is 4.57. The molecule has 1 heterocycles. The third kappa shape index (κ3) is 5.43. The monoisotopic (exact) mass is 380 g/mol. The third-order valence-corrected chi connectivity index (χ3v) is 6.41. The Bertz CT molecular complexity index is 658. The molecule has 0 saturated carbocycles. The Morgan fingerprint density at radius 3 is 2.76 bits per heavy atom. The summed E-state index contributed by atoms with van der Waals surface area (Å²) in [5.74, 6) is 0. The minimum absolute atomic E-state index is 0.227. The Labute approximate surface area is 146 Å². The summed E-state index contributed by atoms with van der Waals surface area (Å²) < 4.78 is 74.9. The van der Waals surface area contributed by atoms with Crippen molar-refractivity contribution in [1.82, 2.24) is 0 Å². The van der Waals surface area contributed by atoms with E-state index >= 15 is 0 Å². The molecule has 25 heavy (non-hydrogen) atoms. The number of hydrogen-bond acceptors (Lipinski definition) is 4. The molecule has 1 aromatic carbocycles.